The van der Waals surface area contributed by atoms with Crippen LogP contribution < -0.4 is 11.1 Å². The Morgan fingerprint density at radius 2 is 2.21 bits per heavy atom. The molecule has 19 heavy (non-hydrogen) atoms. The molecule has 0 bridgehead atoms. The van der Waals surface area contributed by atoms with Gasteiger partial charge in [-0.1, -0.05) is 13.8 Å². The molecule has 0 spiro atoms. The molecule has 1 atom stereocenters. The molecule has 2 rings (SSSR count). The van der Waals surface area contributed by atoms with Crippen LogP contribution in [0.1, 0.15) is 30.6 Å². The highest BCUT2D eigenvalue weighted by molar-refractivity contribution is 5.99. The summed E-state index contributed by atoms with van der Waals surface area (Å²) in [5, 5.41) is 13.5. The van der Waals surface area contributed by atoms with Gasteiger partial charge in [0.05, 0.1) is 10.5 Å². The average Bonchev–Trinajstić information content (AvgIpc) is 2.94. The smallest absolute Gasteiger partial charge is 0.270 e. The molecule has 1 amide bonds. The molecule has 1 aromatic carbocycles. The predicted octanol–water partition coefficient (Wildman–Crippen LogP) is 1.95. The second-order valence-corrected chi connectivity index (χ2v) is 5.63. The lowest BCUT2D eigenvalue weighted by molar-refractivity contribution is -0.384. The summed E-state index contributed by atoms with van der Waals surface area (Å²) < 4.78 is 0. The number of nitrogens with zero attached hydrogens (tertiary/aromatic N) is 1. The van der Waals surface area contributed by atoms with Crippen molar-refractivity contribution in [3.8, 4) is 0 Å². The summed E-state index contributed by atoms with van der Waals surface area (Å²) in [5.74, 6) is 0.111. The van der Waals surface area contributed by atoms with Crippen molar-refractivity contribution in [2.75, 3.05) is 12.3 Å². The van der Waals surface area contributed by atoms with Crippen LogP contribution in [0.25, 0.3) is 0 Å². The zero-order valence-corrected chi connectivity index (χ0v) is 11.0. The van der Waals surface area contributed by atoms with E-state index in [1.807, 2.05) is 0 Å². The molecule has 1 saturated carbocycles. The summed E-state index contributed by atoms with van der Waals surface area (Å²) >= 11 is 0. The number of rotatable bonds is 4. The van der Waals surface area contributed by atoms with Gasteiger partial charge in [0.1, 0.15) is 0 Å². The number of hydrogen-bond acceptors (Lipinski definition) is 4. The minimum absolute atomic E-state index is 0.133. The molecule has 0 radical (unpaired) electrons. The molecule has 6 heteroatoms. The van der Waals surface area contributed by atoms with Gasteiger partial charge >= 0.3 is 0 Å². The predicted molar refractivity (Wildman–Crippen MR) is 71.7 cm³/mol. The van der Waals surface area contributed by atoms with Gasteiger partial charge in [0.2, 0.25) is 0 Å². The van der Waals surface area contributed by atoms with E-state index in [1.54, 1.807) is 0 Å². The Labute approximate surface area is 111 Å². The van der Waals surface area contributed by atoms with Gasteiger partial charge in [-0.05, 0) is 23.8 Å². The topological polar surface area (TPSA) is 98.3 Å². The zero-order valence-electron chi connectivity index (χ0n) is 11.0. The van der Waals surface area contributed by atoms with Crippen molar-refractivity contribution in [2.45, 2.75) is 20.3 Å². The summed E-state index contributed by atoms with van der Waals surface area (Å²) in [6.07, 6.45) is 1.08. The van der Waals surface area contributed by atoms with Crippen molar-refractivity contribution in [3.63, 3.8) is 0 Å². The Balaban J connectivity index is 2.06. The summed E-state index contributed by atoms with van der Waals surface area (Å²) in [6, 6.07) is 3.88. The molecule has 1 fully saturated rings. The minimum atomic E-state index is -0.541. The molecule has 6 nitrogen and oxygen atoms in total. The molecule has 1 aliphatic rings. The highest BCUT2D eigenvalue weighted by Crippen LogP contribution is 2.51. The maximum absolute atomic E-state index is 12.0. The second-order valence-electron chi connectivity index (χ2n) is 5.63. The molecule has 102 valence electrons. The van der Waals surface area contributed by atoms with Crippen molar-refractivity contribution >= 4 is 17.3 Å². The first-order valence-electron chi connectivity index (χ1n) is 6.13. The van der Waals surface area contributed by atoms with Crippen molar-refractivity contribution in [2.24, 2.45) is 11.3 Å². The molecular weight excluding hydrogens is 246 g/mol. The lowest BCUT2D eigenvalue weighted by atomic mass is 10.1. The fourth-order valence-corrected chi connectivity index (χ4v) is 2.09. The van der Waals surface area contributed by atoms with Crippen molar-refractivity contribution in [1.29, 1.82) is 0 Å². The van der Waals surface area contributed by atoms with Gasteiger partial charge in [0.15, 0.2) is 0 Å². The Morgan fingerprint density at radius 3 is 2.74 bits per heavy atom. The summed E-state index contributed by atoms with van der Waals surface area (Å²) in [6.45, 7) is 4.87. The fourth-order valence-electron chi connectivity index (χ4n) is 2.09. The normalized spacial score (nSPS) is 19.8. The molecule has 0 aromatic heterocycles. The number of carbonyl (C=O) groups excluding carboxylic acids is 1. The third-order valence-corrected chi connectivity index (χ3v) is 3.72. The molecule has 0 aliphatic heterocycles. The van der Waals surface area contributed by atoms with Crippen LogP contribution in [0.15, 0.2) is 18.2 Å². The first-order chi connectivity index (χ1) is 8.81. The van der Waals surface area contributed by atoms with E-state index in [4.69, 9.17) is 5.73 Å². The van der Waals surface area contributed by atoms with Crippen molar-refractivity contribution < 1.29 is 9.72 Å². The number of carbonyl (C=O) groups is 1. The van der Waals surface area contributed by atoms with Gasteiger partial charge in [-0.2, -0.15) is 0 Å². The second kappa shape index (κ2) is 4.53. The van der Waals surface area contributed by atoms with Gasteiger partial charge in [-0.3, -0.25) is 14.9 Å². The van der Waals surface area contributed by atoms with E-state index in [0.29, 0.717) is 12.5 Å². The van der Waals surface area contributed by atoms with Crippen molar-refractivity contribution in [1.82, 2.24) is 5.32 Å². The van der Waals surface area contributed by atoms with Gasteiger partial charge in [-0.15, -0.1) is 0 Å². The molecule has 1 aromatic rings. The van der Waals surface area contributed by atoms with Crippen LogP contribution in [-0.4, -0.2) is 17.4 Å². The largest absolute Gasteiger partial charge is 0.398 e. The number of nitrogens with two attached hydrogens (primary N) is 1. The summed E-state index contributed by atoms with van der Waals surface area (Å²) in [5.41, 5.74) is 6.24. The number of nitro groups is 1. The standard InChI is InChI=1S/C13H17N3O3/c1-13(2)6-8(13)7-15-12(17)10-5-9(16(18)19)3-4-11(10)14/h3-5,8H,6-7,14H2,1-2H3,(H,15,17). The van der Waals surface area contributed by atoms with Gasteiger partial charge in [0, 0.05) is 24.4 Å². The van der Waals surface area contributed by atoms with E-state index in [9.17, 15) is 14.9 Å². The quantitative estimate of drug-likeness (QED) is 0.492. The van der Waals surface area contributed by atoms with Crippen molar-refractivity contribution in [3.05, 3.63) is 33.9 Å². The van der Waals surface area contributed by atoms with Crippen LogP contribution in [0, 0.1) is 21.4 Å². The maximum Gasteiger partial charge on any atom is 0.270 e. The van der Waals surface area contributed by atoms with Crippen LogP contribution >= 0.6 is 0 Å². The number of anilines is 1. The molecule has 1 unspecified atom stereocenters. The Bertz CT molecular complexity index is 540. The molecule has 1 aliphatic carbocycles. The molecular formula is C13H17N3O3. The Hall–Kier alpha value is -2.11. The lowest BCUT2D eigenvalue weighted by Gasteiger charge is -2.08. The van der Waals surface area contributed by atoms with Gasteiger partial charge in [-0.25, -0.2) is 0 Å². The lowest BCUT2D eigenvalue weighted by Crippen LogP contribution is -2.27. The maximum atomic E-state index is 12.0. The Morgan fingerprint density at radius 1 is 1.58 bits per heavy atom. The van der Waals surface area contributed by atoms with Crippen LogP contribution in [-0.2, 0) is 0 Å². The fraction of sp³-hybridized carbons (Fsp3) is 0.462. The van der Waals surface area contributed by atoms with Crippen LogP contribution in [0.5, 0.6) is 0 Å². The summed E-state index contributed by atoms with van der Waals surface area (Å²) in [7, 11) is 0. The van der Waals surface area contributed by atoms with E-state index in [0.717, 1.165) is 6.42 Å². The molecule has 0 heterocycles. The van der Waals surface area contributed by atoms with E-state index >= 15 is 0 Å². The van der Waals surface area contributed by atoms with Crippen LogP contribution in [0.4, 0.5) is 11.4 Å². The number of nitro benzene ring substituents is 1. The van der Waals surface area contributed by atoms with E-state index in [1.165, 1.54) is 18.2 Å². The molecule has 0 saturated heterocycles. The monoisotopic (exact) mass is 263 g/mol. The number of nitrogens with one attached hydrogen (secondary N) is 1. The van der Waals surface area contributed by atoms with Gasteiger partial charge in [0.25, 0.3) is 11.6 Å². The number of nitrogen functional groups attached to an aromatic ring is 1. The van der Waals surface area contributed by atoms with Gasteiger partial charge < -0.3 is 11.1 Å². The number of hydrogen-bond donors (Lipinski definition) is 2. The minimum Gasteiger partial charge on any atom is -0.398 e. The van der Waals surface area contributed by atoms with Crippen LogP contribution in [0.3, 0.4) is 0 Å². The number of benzene rings is 1. The highest BCUT2D eigenvalue weighted by Gasteiger charge is 2.45. The zero-order chi connectivity index (χ0) is 14.2. The first-order valence-corrected chi connectivity index (χ1v) is 6.13. The van der Waals surface area contributed by atoms with Crippen LogP contribution in [0.2, 0.25) is 0 Å². The first kappa shape index (κ1) is 13.3. The van der Waals surface area contributed by atoms with E-state index < -0.39 is 4.92 Å². The third kappa shape index (κ3) is 2.83. The summed E-state index contributed by atoms with van der Waals surface area (Å²) in [4.78, 5) is 22.1. The average molecular weight is 263 g/mol. The van der Waals surface area contributed by atoms with E-state index in [-0.39, 0.29) is 28.3 Å². The number of amides is 1. The third-order valence-electron chi connectivity index (χ3n) is 3.72. The number of non-ortho nitro benzene ring substituents is 1. The highest BCUT2D eigenvalue weighted by atomic mass is 16.6. The van der Waals surface area contributed by atoms with E-state index in [2.05, 4.69) is 19.2 Å². The molecule has 3 N–H and O–H groups in total. The SMILES string of the molecule is CC1(C)CC1CNC(=O)c1cc([N+](=O)[O-])ccc1N. The Kier molecular flexibility index (Phi) is 3.18.